The van der Waals surface area contributed by atoms with Crippen molar-refractivity contribution in [3.8, 4) is 0 Å². The normalized spacial score (nSPS) is 10.6. The van der Waals surface area contributed by atoms with E-state index in [1.165, 1.54) is 0 Å². The van der Waals surface area contributed by atoms with Gasteiger partial charge in [0.05, 0.1) is 6.67 Å². The SMILES string of the molecule is CC(C)(C)NCN=[N+]=[N-]. The Morgan fingerprint density at radius 1 is 1.56 bits per heavy atom. The van der Waals surface area contributed by atoms with Gasteiger partial charge in [0.1, 0.15) is 0 Å². The summed E-state index contributed by atoms with van der Waals surface area (Å²) in [5.74, 6) is 0. The summed E-state index contributed by atoms with van der Waals surface area (Å²) in [6, 6.07) is 0. The average Bonchev–Trinajstić information content (AvgIpc) is 1.63. The minimum absolute atomic E-state index is 0.0359. The number of hydrogen-bond donors (Lipinski definition) is 1. The Bertz CT molecular complexity index is 117. The van der Waals surface area contributed by atoms with Crippen molar-refractivity contribution in [1.29, 1.82) is 0 Å². The summed E-state index contributed by atoms with van der Waals surface area (Å²) in [6.45, 7) is 6.40. The van der Waals surface area contributed by atoms with E-state index in [0.29, 0.717) is 6.67 Å². The minimum Gasteiger partial charge on any atom is -0.307 e. The summed E-state index contributed by atoms with van der Waals surface area (Å²) in [4.78, 5) is 2.60. The molecule has 0 atom stereocenters. The van der Waals surface area contributed by atoms with Crippen LogP contribution in [0.25, 0.3) is 10.4 Å². The molecule has 0 saturated heterocycles. The smallest absolute Gasteiger partial charge is 0.0750 e. The molecule has 1 N–H and O–H groups in total. The fourth-order valence-corrected chi connectivity index (χ4v) is 0.304. The first-order valence-electron chi connectivity index (χ1n) is 2.82. The van der Waals surface area contributed by atoms with Crippen molar-refractivity contribution in [3.05, 3.63) is 10.4 Å². The van der Waals surface area contributed by atoms with Gasteiger partial charge >= 0.3 is 0 Å². The van der Waals surface area contributed by atoms with Gasteiger partial charge in [0.15, 0.2) is 0 Å². The average molecular weight is 128 g/mol. The summed E-state index contributed by atoms with van der Waals surface area (Å²) < 4.78 is 0. The van der Waals surface area contributed by atoms with Gasteiger partial charge in [-0.15, -0.1) is 0 Å². The molecule has 4 heteroatoms. The van der Waals surface area contributed by atoms with E-state index < -0.39 is 0 Å². The summed E-state index contributed by atoms with van der Waals surface area (Å²) in [5.41, 5.74) is 7.92. The standard InChI is InChI=1S/C5H12N4/c1-5(2,3)7-4-8-9-6/h7H,4H2,1-3H3. The van der Waals surface area contributed by atoms with Crippen molar-refractivity contribution >= 4 is 0 Å². The van der Waals surface area contributed by atoms with E-state index in [9.17, 15) is 0 Å². The lowest BCUT2D eigenvalue weighted by atomic mass is 10.1. The van der Waals surface area contributed by atoms with Crippen molar-refractivity contribution < 1.29 is 0 Å². The monoisotopic (exact) mass is 128 g/mol. The predicted octanol–water partition coefficient (Wildman–Crippen LogP) is 1.64. The lowest BCUT2D eigenvalue weighted by Gasteiger charge is -2.18. The third-order valence-corrected chi connectivity index (χ3v) is 0.743. The first kappa shape index (κ1) is 8.27. The molecule has 0 aromatic carbocycles. The Hall–Kier alpha value is -0.730. The lowest BCUT2D eigenvalue weighted by molar-refractivity contribution is 0.434. The van der Waals surface area contributed by atoms with Gasteiger partial charge < -0.3 is 5.32 Å². The van der Waals surface area contributed by atoms with Crippen LogP contribution in [0.5, 0.6) is 0 Å². The van der Waals surface area contributed by atoms with Gasteiger partial charge in [-0.05, 0) is 26.3 Å². The lowest BCUT2D eigenvalue weighted by Crippen LogP contribution is -2.35. The van der Waals surface area contributed by atoms with Crippen LogP contribution in [0.2, 0.25) is 0 Å². The molecule has 0 radical (unpaired) electrons. The molecule has 0 aliphatic rings. The van der Waals surface area contributed by atoms with Gasteiger partial charge in [-0.2, -0.15) is 0 Å². The second-order valence-corrected chi connectivity index (χ2v) is 2.82. The van der Waals surface area contributed by atoms with Gasteiger partial charge in [-0.3, -0.25) is 0 Å². The van der Waals surface area contributed by atoms with E-state index in [1.54, 1.807) is 0 Å². The summed E-state index contributed by atoms with van der Waals surface area (Å²) in [7, 11) is 0. The number of rotatable bonds is 2. The number of azide groups is 1. The van der Waals surface area contributed by atoms with E-state index in [1.807, 2.05) is 20.8 Å². The number of hydrogen-bond acceptors (Lipinski definition) is 2. The van der Waals surface area contributed by atoms with E-state index >= 15 is 0 Å². The summed E-state index contributed by atoms with van der Waals surface area (Å²) >= 11 is 0. The van der Waals surface area contributed by atoms with Crippen LogP contribution in [0.4, 0.5) is 0 Å². The molecule has 0 fully saturated rings. The quantitative estimate of drug-likeness (QED) is 0.343. The van der Waals surface area contributed by atoms with Gasteiger partial charge in [0, 0.05) is 10.5 Å². The summed E-state index contributed by atoms with van der Waals surface area (Å²) in [6.07, 6.45) is 0. The Morgan fingerprint density at radius 2 is 2.11 bits per heavy atom. The maximum absolute atomic E-state index is 7.88. The second kappa shape index (κ2) is 3.33. The van der Waals surface area contributed by atoms with Crippen molar-refractivity contribution in [2.45, 2.75) is 26.3 Å². The highest BCUT2D eigenvalue weighted by Gasteiger charge is 2.05. The Labute approximate surface area is 54.9 Å². The molecule has 0 rings (SSSR count). The van der Waals surface area contributed by atoms with Crippen LogP contribution < -0.4 is 5.32 Å². The molecule has 0 bridgehead atoms. The molecule has 52 valence electrons. The van der Waals surface area contributed by atoms with E-state index in [4.69, 9.17) is 5.53 Å². The number of nitrogens with zero attached hydrogens (tertiary/aromatic N) is 3. The Kier molecular flexibility index (Phi) is 3.06. The van der Waals surface area contributed by atoms with Crippen molar-refractivity contribution in [3.63, 3.8) is 0 Å². The summed E-state index contributed by atoms with van der Waals surface area (Å²) in [5, 5.41) is 6.33. The fraction of sp³-hybridized carbons (Fsp3) is 1.00. The zero-order valence-electron chi connectivity index (χ0n) is 6.05. The van der Waals surface area contributed by atoms with Gasteiger partial charge in [0.25, 0.3) is 0 Å². The molecule has 0 heterocycles. The zero-order valence-corrected chi connectivity index (χ0v) is 6.05. The molecule has 0 amide bonds. The van der Waals surface area contributed by atoms with Crippen LogP contribution in [0, 0.1) is 0 Å². The van der Waals surface area contributed by atoms with Crippen LogP contribution in [0.1, 0.15) is 20.8 Å². The van der Waals surface area contributed by atoms with Gasteiger partial charge in [-0.25, -0.2) is 0 Å². The van der Waals surface area contributed by atoms with E-state index in [-0.39, 0.29) is 5.54 Å². The third kappa shape index (κ3) is 7.27. The van der Waals surface area contributed by atoms with Gasteiger partial charge in [-0.1, -0.05) is 5.11 Å². The van der Waals surface area contributed by atoms with Crippen LogP contribution in [0.15, 0.2) is 5.11 Å². The molecule has 9 heavy (non-hydrogen) atoms. The molecule has 0 aliphatic carbocycles. The highest BCUT2D eigenvalue weighted by molar-refractivity contribution is 4.68. The topological polar surface area (TPSA) is 60.8 Å². The molecule has 0 aromatic rings. The highest BCUT2D eigenvalue weighted by atomic mass is 15.2. The molecule has 0 aromatic heterocycles. The molecule has 0 spiro atoms. The third-order valence-electron chi connectivity index (χ3n) is 0.743. The van der Waals surface area contributed by atoms with E-state index in [2.05, 4.69) is 15.3 Å². The van der Waals surface area contributed by atoms with Crippen molar-refractivity contribution in [2.75, 3.05) is 6.67 Å². The van der Waals surface area contributed by atoms with Crippen LogP contribution >= 0.6 is 0 Å². The first-order valence-corrected chi connectivity index (χ1v) is 2.82. The van der Waals surface area contributed by atoms with Crippen LogP contribution in [-0.2, 0) is 0 Å². The molecular weight excluding hydrogens is 116 g/mol. The molecule has 4 nitrogen and oxygen atoms in total. The zero-order chi connectivity index (χ0) is 7.33. The molecule has 0 aliphatic heterocycles. The van der Waals surface area contributed by atoms with Crippen molar-refractivity contribution in [1.82, 2.24) is 5.32 Å². The minimum atomic E-state index is 0.0359. The largest absolute Gasteiger partial charge is 0.307 e. The predicted molar refractivity (Wildman–Crippen MR) is 36.9 cm³/mol. The van der Waals surface area contributed by atoms with Gasteiger partial charge in [0.2, 0.25) is 0 Å². The first-order chi connectivity index (χ1) is 4.06. The van der Waals surface area contributed by atoms with E-state index in [0.717, 1.165) is 0 Å². The molecule has 0 saturated carbocycles. The second-order valence-electron chi connectivity index (χ2n) is 2.82. The Balaban J connectivity index is 3.39. The Morgan fingerprint density at radius 3 is 2.44 bits per heavy atom. The van der Waals surface area contributed by atoms with Crippen LogP contribution in [-0.4, -0.2) is 12.2 Å². The van der Waals surface area contributed by atoms with Crippen LogP contribution in [0.3, 0.4) is 0 Å². The molecular formula is C5H12N4. The van der Waals surface area contributed by atoms with Crippen molar-refractivity contribution in [2.24, 2.45) is 5.11 Å². The molecule has 0 unspecified atom stereocenters. The maximum Gasteiger partial charge on any atom is 0.0750 e. The fourth-order valence-electron chi connectivity index (χ4n) is 0.304. The number of nitrogens with one attached hydrogen (secondary N) is 1. The maximum atomic E-state index is 7.88. The highest BCUT2D eigenvalue weighted by Crippen LogP contribution is 1.96.